The largest absolute Gasteiger partial charge is 0.453 e. The zero-order valence-electron chi connectivity index (χ0n) is 17.2. The van der Waals surface area contributed by atoms with Gasteiger partial charge in [-0.15, -0.1) is 0 Å². The van der Waals surface area contributed by atoms with Crippen LogP contribution in [0.25, 0.3) is 32.7 Å². The van der Waals surface area contributed by atoms with E-state index in [9.17, 15) is 0 Å². The normalized spacial score (nSPS) is 15.8. The van der Waals surface area contributed by atoms with E-state index in [4.69, 9.17) is 4.52 Å². The second-order valence-corrected chi connectivity index (χ2v) is 9.50. The summed E-state index contributed by atoms with van der Waals surface area (Å²) < 4.78 is 6.66. The van der Waals surface area contributed by atoms with Gasteiger partial charge in [0, 0.05) is 22.5 Å². The van der Waals surface area contributed by atoms with Crippen LogP contribution in [0.15, 0.2) is 103 Å². The predicted octanol–water partition coefficient (Wildman–Crippen LogP) is 7.34. The van der Waals surface area contributed by atoms with Crippen LogP contribution in [0.1, 0.15) is 18.5 Å². The van der Waals surface area contributed by atoms with Gasteiger partial charge in [-0.1, -0.05) is 91.0 Å². The predicted molar refractivity (Wildman–Crippen MR) is 132 cm³/mol. The van der Waals surface area contributed by atoms with E-state index >= 15 is 0 Å². The quantitative estimate of drug-likeness (QED) is 0.309. The Morgan fingerprint density at radius 3 is 2.00 bits per heavy atom. The van der Waals surface area contributed by atoms with Crippen molar-refractivity contribution in [1.29, 1.82) is 0 Å². The summed E-state index contributed by atoms with van der Waals surface area (Å²) in [5, 5.41) is 10.1. The Morgan fingerprint density at radius 1 is 0.645 bits per heavy atom. The molecule has 0 aliphatic carbocycles. The molecule has 6 rings (SSSR count). The molecule has 1 unspecified atom stereocenters. The lowest BCUT2D eigenvalue weighted by Crippen LogP contribution is -2.26. The molecule has 31 heavy (non-hydrogen) atoms. The minimum absolute atomic E-state index is 0.189. The molecule has 0 saturated heterocycles. The van der Waals surface area contributed by atoms with Crippen molar-refractivity contribution in [3.8, 4) is 16.9 Å². The summed E-state index contributed by atoms with van der Waals surface area (Å²) in [5.74, 6) is 0.960. The van der Waals surface area contributed by atoms with Gasteiger partial charge in [0.05, 0.1) is 0 Å². The van der Waals surface area contributed by atoms with Crippen LogP contribution in [0.2, 0.25) is 0 Å². The molecule has 0 radical (unpaired) electrons. The summed E-state index contributed by atoms with van der Waals surface area (Å²) in [4.78, 5) is 0. The molecule has 0 fully saturated rings. The fraction of sp³-hybridized carbons (Fsp3) is 0.0714. The van der Waals surface area contributed by atoms with Gasteiger partial charge in [-0.3, -0.25) is 5.09 Å². The molecule has 3 heteroatoms. The van der Waals surface area contributed by atoms with Gasteiger partial charge in [0.1, 0.15) is 5.75 Å². The average molecular weight is 419 g/mol. The summed E-state index contributed by atoms with van der Waals surface area (Å²) in [6.45, 7) is 2.21. The second-order valence-electron chi connectivity index (χ2n) is 7.99. The number of benzene rings is 5. The SMILES string of the molecule is C[C@@H](NP1Oc2ccc3ccccc3c2-c2c1ccc1ccccc21)c1ccccc1. The van der Waals surface area contributed by atoms with Crippen LogP contribution in [-0.4, -0.2) is 0 Å². The Kier molecular flexibility index (Phi) is 4.49. The number of fused-ring (bicyclic) bond motifs is 7. The van der Waals surface area contributed by atoms with E-state index in [1.807, 2.05) is 0 Å². The molecule has 2 nitrogen and oxygen atoms in total. The first-order valence-electron chi connectivity index (χ1n) is 10.6. The third kappa shape index (κ3) is 3.11. The molecule has 0 aromatic heterocycles. The van der Waals surface area contributed by atoms with Crippen molar-refractivity contribution in [3.63, 3.8) is 0 Å². The summed E-state index contributed by atoms with van der Waals surface area (Å²) in [7, 11) is -1.02. The van der Waals surface area contributed by atoms with E-state index < -0.39 is 8.30 Å². The molecule has 0 amide bonds. The lowest BCUT2D eigenvalue weighted by Gasteiger charge is -2.32. The third-order valence-electron chi connectivity index (χ3n) is 6.07. The van der Waals surface area contributed by atoms with Crippen molar-refractivity contribution in [1.82, 2.24) is 5.09 Å². The van der Waals surface area contributed by atoms with E-state index in [0.717, 1.165) is 5.75 Å². The van der Waals surface area contributed by atoms with Gasteiger partial charge in [0.25, 0.3) is 0 Å². The molecular formula is C28H22NOP. The summed E-state index contributed by atoms with van der Waals surface area (Å²) >= 11 is 0. The highest BCUT2D eigenvalue weighted by Gasteiger charge is 2.30. The maximum absolute atomic E-state index is 6.66. The second kappa shape index (κ2) is 7.50. The smallest absolute Gasteiger partial charge is 0.195 e. The van der Waals surface area contributed by atoms with E-state index in [2.05, 4.69) is 115 Å². The molecule has 0 saturated carbocycles. The van der Waals surface area contributed by atoms with Crippen molar-refractivity contribution in [2.75, 3.05) is 0 Å². The molecule has 2 atom stereocenters. The van der Waals surface area contributed by atoms with Crippen molar-refractivity contribution in [2.24, 2.45) is 0 Å². The fourth-order valence-corrected chi connectivity index (χ4v) is 6.30. The minimum Gasteiger partial charge on any atom is -0.453 e. The number of hydrogen-bond donors (Lipinski definition) is 1. The monoisotopic (exact) mass is 419 g/mol. The van der Waals surface area contributed by atoms with Gasteiger partial charge in [0.2, 0.25) is 0 Å². The standard InChI is InChI=1S/C28H22NOP/c1-19(20-9-3-2-4-10-20)29-31-26-18-16-22-12-6-8-14-24(22)28(26)27-23-13-7-5-11-21(23)15-17-25(27)30-31/h2-19,29H,1H3/t19-,31?/m1/s1. The van der Waals surface area contributed by atoms with Crippen LogP contribution >= 0.6 is 8.30 Å². The Hall–Kier alpha value is -3.19. The average Bonchev–Trinajstić information content (AvgIpc) is 2.84. The van der Waals surface area contributed by atoms with E-state index in [1.54, 1.807) is 0 Å². The molecule has 0 spiro atoms. The van der Waals surface area contributed by atoms with Gasteiger partial charge in [-0.2, -0.15) is 0 Å². The van der Waals surface area contributed by atoms with Gasteiger partial charge < -0.3 is 4.52 Å². The maximum atomic E-state index is 6.66. The summed E-state index contributed by atoms with van der Waals surface area (Å²) in [6.07, 6.45) is 0. The number of hydrogen-bond acceptors (Lipinski definition) is 2. The first-order chi connectivity index (χ1) is 15.3. The van der Waals surface area contributed by atoms with Crippen LogP contribution in [0, 0.1) is 0 Å². The number of nitrogens with one attached hydrogen (secondary N) is 1. The van der Waals surface area contributed by atoms with E-state index in [-0.39, 0.29) is 6.04 Å². The molecule has 1 aliphatic heterocycles. The van der Waals surface area contributed by atoms with Gasteiger partial charge in [-0.25, -0.2) is 0 Å². The lowest BCUT2D eigenvalue weighted by atomic mass is 9.93. The van der Waals surface area contributed by atoms with Crippen LogP contribution in [-0.2, 0) is 0 Å². The molecule has 5 aromatic rings. The first-order valence-corrected chi connectivity index (χ1v) is 11.9. The highest BCUT2D eigenvalue weighted by molar-refractivity contribution is 7.59. The zero-order chi connectivity index (χ0) is 20.8. The molecule has 0 bridgehead atoms. The van der Waals surface area contributed by atoms with Crippen molar-refractivity contribution in [3.05, 3.63) is 109 Å². The highest BCUT2D eigenvalue weighted by atomic mass is 31.2. The summed E-state index contributed by atoms with van der Waals surface area (Å²) in [6, 6.07) is 36.8. The van der Waals surface area contributed by atoms with Crippen molar-refractivity contribution < 1.29 is 4.52 Å². The first kappa shape index (κ1) is 18.6. The molecule has 1 aliphatic rings. The molecule has 1 N–H and O–H groups in total. The molecule has 150 valence electrons. The minimum atomic E-state index is -1.02. The van der Waals surface area contributed by atoms with Crippen LogP contribution in [0.4, 0.5) is 0 Å². The van der Waals surface area contributed by atoms with Crippen LogP contribution in [0.5, 0.6) is 5.75 Å². The molecule has 5 aromatic carbocycles. The maximum Gasteiger partial charge on any atom is 0.195 e. The number of rotatable bonds is 3. The third-order valence-corrected chi connectivity index (χ3v) is 7.88. The fourth-order valence-electron chi connectivity index (χ4n) is 4.51. The van der Waals surface area contributed by atoms with Gasteiger partial charge >= 0.3 is 0 Å². The van der Waals surface area contributed by atoms with Gasteiger partial charge in [-0.05, 0) is 46.2 Å². The van der Waals surface area contributed by atoms with Crippen LogP contribution in [0.3, 0.4) is 0 Å². The van der Waals surface area contributed by atoms with Gasteiger partial charge in [0.15, 0.2) is 8.30 Å². The van der Waals surface area contributed by atoms with Crippen LogP contribution < -0.4 is 14.9 Å². The highest BCUT2D eigenvalue weighted by Crippen LogP contribution is 2.52. The lowest BCUT2D eigenvalue weighted by molar-refractivity contribution is 0.589. The zero-order valence-corrected chi connectivity index (χ0v) is 18.1. The summed E-state index contributed by atoms with van der Waals surface area (Å²) in [5.41, 5.74) is 3.77. The Balaban J connectivity index is 1.57. The van der Waals surface area contributed by atoms with Crippen molar-refractivity contribution in [2.45, 2.75) is 13.0 Å². The van der Waals surface area contributed by atoms with E-state index in [0.29, 0.717) is 0 Å². The topological polar surface area (TPSA) is 21.3 Å². The Labute approximate surface area is 183 Å². The molecular weight excluding hydrogens is 397 g/mol. The van der Waals surface area contributed by atoms with E-state index in [1.165, 1.54) is 43.5 Å². The Bertz CT molecular complexity index is 1410. The molecule has 1 heterocycles. The van der Waals surface area contributed by atoms with Crippen molar-refractivity contribution >= 4 is 35.1 Å². The Morgan fingerprint density at radius 2 is 1.26 bits per heavy atom.